The summed E-state index contributed by atoms with van der Waals surface area (Å²) in [7, 11) is 1.51. The molecule has 42 heavy (non-hydrogen) atoms. The minimum absolute atomic E-state index is 0.207. The second-order valence-electron chi connectivity index (χ2n) is 9.56. The lowest BCUT2D eigenvalue weighted by atomic mass is 9.99. The van der Waals surface area contributed by atoms with Gasteiger partial charge in [0.2, 0.25) is 5.89 Å². The summed E-state index contributed by atoms with van der Waals surface area (Å²) >= 11 is 0. The zero-order chi connectivity index (χ0) is 29.3. The van der Waals surface area contributed by atoms with Crippen LogP contribution < -0.4 is 20.1 Å². The van der Waals surface area contributed by atoms with E-state index in [0.717, 1.165) is 16.7 Å². The molecule has 5 aromatic rings. The van der Waals surface area contributed by atoms with Crippen molar-refractivity contribution in [3.05, 3.63) is 120 Å². The van der Waals surface area contributed by atoms with Crippen molar-refractivity contribution in [2.75, 3.05) is 25.6 Å². The van der Waals surface area contributed by atoms with Crippen LogP contribution in [0.4, 0.5) is 5.69 Å². The number of hydrogen-bond acceptors (Lipinski definition) is 8. The fraction of sp³-hybridized carbons (Fsp3) is 0.182. The maximum absolute atomic E-state index is 13.3. The van der Waals surface area contributed by atoms with Crippen molar-refractivity contribution in [2.45, 2.75) is 19.0 Å². The lowest BCUT2D eigenvalue weighted by Gasteiger charge is -2.19. The number of rotatable bonds is 14. The quantitative estimate of drug-likeness (QED) is 0.121. The number of carbonyl (C=O) groups excluding carboxylic acids is 1. The summed E-state index contributed by atoms with van der Waals surface area (Å²) in [6.45, 7) is 1.53. The van der Waals surface area contributed by atoms with Crippen LogP contribution in [0, 0.1) is 0 Å². The van der Waals surface area contributed by atoms with E-state index in [4.69, 9.17) is 13.9 Å². The Balaban J connectivity index is 1.15. The van der Waals surface area contributed by atoms with Crippen LogP contribution in [0.3, 0.4) is 0 Å². The molecule has 3 N–H and O–H groups in total. The molecule has 0 amide bonds. The Kier molecular flexibility index (Phi) is 9.10. The molecule has 1 heterocycles. The standard InChI is InChI=1S/C33H31N3O6/c1-40-29-12-6-3-9-25(29)32(37)24-8-2-4-10-26(24)35-28(33(38)39)20-22-14-16-23(17-15-22)41-19-18-34-21-31-36-27-11-5-7-13-30(27)42-31/h2-17,28,34-35H,18-21H2,1H3,(H,38,39). The van der Waals surface area contributed by atoms with Crippen molar-refractivity contribution in [3.63, 3.8) is 0 Å². The number of nitrogens with one attached hydrogen (secondary N) is 2. The fourth-order valence-electron chi connectivity index (χ4n) is 4.56. The summed E-state index contributed by atoms with van der Waals surface area (Å²) in [6.07, 6.45) is 0.207. The molecule has 0 saturated carbocycles. The van der Waals surface area contributed by atoms with E-state index < -0.39 is 12.0 Å². The molecule has 0 aliphatic rings. The SMILES string of the molecule is COc1ccccc1C(=O)c1ccccc1NC(Cc1ccc(OCCNCc2nc3ccccc3o2)cc1)C(=O)O. The summed E-state index contributed by atoms with van der Waals surface area (Å²) < 4.78 is 16.9. The first-order valence-electron chi connectivity index (χ1n) is 13.5. The number of para-hydroxylation sites is 4. The van der Waals surface area contributed by atoms with Gasteiger partial charge in [-0.2, -0.15) is 0 Å². The van der Waals surface area contributed by atoms with Crippen LogP contribution in [-0.2, 0) is 17.8 Å². The van der Waals surface area contributed by atoms with E-state index in [-0.39, 0.29) is 12.2 Å². The van der Waals surface area contributed by atoms with Crippen LogP contribution in [-0.4, -0.2) is 48.1 Å². The first-order chi connectivity index (χ1) is 20.5. The maximum Gasteiger partial charge on any atom is 0.326 e. The van der Waals surface area contributed by atoms with Crippen molar-refractivity contribution >= 4 is 28.5 Å². The van der Waals surface area contributed by atoms with E-state index in [0.29, 0.717) is 53.9 Å². The summed E-state index contributed by atoms with van der Waals surface area (Å²) in [5.41, 5.74) is 3.60. The third-order valence-electron chi connectivity index (χ3n) is 6.68. The van der Waals surface area contributed by atoms with Gasteiger partial charge in [-0.05, 0) is 54.1 Å². The Morgan fingerprint density at radius 1 is 0.905 bits per heavy atom. The predicted molar refractivity (Wildman–Crippen MR) is 159 cm³/mol. The number of ether oxygens (including phenoxy) is 2. The van der Waals surface area contributed by atoms with Gasteiger partial charge in [-0.1, -0.05) is 48.5 Å². The number of anilines is 1. The molecule has 9 nitrogen and oxygen atoms in total. The fourth-order valence-corrected chi connectivity index (χ4v) is 4.56. The number of carboxylic acids is 1. The van der Waals surface area contributed by atoms with Gasteiger partial charge in [-0.15, -0.1) is 0 Å². The number of carboxylic acid groups (broad SMARTS) is 1. The molecule has 0 saturated heterocycles. The topological polar surface area (TPSA) is 123 Å². The highest BCUT2D eigenvalue weighted by atomic mass is 16.5. The minimum atomic E-state index is -1.03. The van der Waals surface area contributed by atoms with Gasteiger partial charge >= 0.3 is 5.97 Å². The van der Waals surface area contributed by atoms with Gasteiger partial charge in [0.1, 0.15) is 29.7 Å². The van der Waals surface area contributed by atoms with Crippen LogP contribution in [0.2, 0.25) is 0 Å². The molecule has 9 heteroatoms. The number of aromatic nitrogens is 1. The Hall–Kier alpha value is -5.15. The van der Waals surface area contributed by atoms with Crippen molar-refractivity contribution in [1.82, 2.24) is 10.3 Å². The molecule has 1 aromatic heterocycles. The van der Waals surface area contributed by atoms with Gasteiger partial charge in [0, 0.05) is 24.2 Å². The summed E-state index contributed by atoms with van der Waals surface area (Å²) in [4.78, 5) is 29.9. The second-order valence-corrected chi connectivity index (χ2v) is 9.56. The normalized spacial score (nSPS) is 11.6. The first-order valence-corrected chi connectivity index (χ1v) is 13.5. The summed E-state index contributed by atoms with van der Waals surface area (Å²) in [5, 5.41) is 16.3. The number of ketones is 1. The lowest BCUT2D eigenvalue weighted by Crippen LogP contribution is -2.32. The van der Waals surface area contributed by atoms with E-state index >= 15 is 0 Å². The number of aliphatic carboxylic acids is 1. The van der Waals surface area contributed by atoms with Gasteiger partial charge in [0.15, 0.2) is 11.4 Å². The summed E-state index contributed by atoms with van der Waals surface area (Å²) in [5.74, 6) is 0.460. The minimum Gasteiger partial charge on any atom is -0.496 e. The Bertz CT molecular complexity index is 1630. The smallest absolute Gasteiger partial charge is 0.326 e. The zero-order valence-corrected chi connectivity index (χ0v) is 23.1. The third-order valence-corrected chi connectivity index (χ3v) is 6.68. The van der Waals surface area contributed by atoms with Gasteiger partial charge in [-0.3, -0.25) is 4.79 Å². The molecule has 214 valence electrons. The molecule has 0 fully saturated rings. The van der Waals surface area contributed by atoms with Crippen LogP contribution in [0.5, 0.6) is 11.5 Å². The van der Waals surface area contributed by atoms with Crippen LogP contribution in [0.15, 0.2) is 101 Å². The van der Waals surface area contributed by atoms with Gasteiger partial charge in [-0.25, -0.2) is 9.78 Å². The maximum atomic E-state index is 13.3. The molecule has 0 aliphatic heterocycles. The third kappa shape index (κ3) is 6.94. The molecule has 0 aliphatic carbocycles. The van der Waals surface area contributed by atoms with E-state index in [1.54, 1.807) is 48.5 Å². The Morgan fingerprint density at radius 3 is 2.38 bits per heavy atom. The van der Waals surface area contributed by atoms with Crippen LogP contribution in [0.1, 0.15) is 27.4 Å². The highest BCUT2D eigenvalue weighted by Crippen LogP contribution is 2.26. The number of benzene rings is 4. The van der Waals surface area contributed by atoms with Crippen molar-refractivity contribution in [2.24, 2.45) is 0 Å². The first kappa shape index (κ1) is 28.4. The lowest BCUT2D eigenvalue weighted by molar-refractivity contribution is -0.137. The van der Waals surface area contributed by atoms with Gasteiger partial charge in [0.05, 0.1) is 19.2 Å². The average Bonchev–Trinajstić information content (AvgIpc) is 3.44. The van der Waals surface area contributed by atoms with Crippen molar-refractivity contribution in [1.29, 1.82) is 0 Å². The molecular weight excluding hydrogens is 534 g/mol. The molecule has 0 spiro atoms. The molecular formula is C33H31N3O6. The largest absolute Gasteiger partial charge is 0.496 e. The molecule has 1 unspecified atom stereocenters. The summed E-state index contributed by atoms with van der Waals surface area (Å²) in [6, 6.07) is 27.8. The number of oxazole rings is 1. The van der Waals surface area contributed by atoms with E-state index in [2.05, 4.69) is 15.6 Å². The number of nitrogens with zero attached hydrogens (tertiary/aromatic N) is 1. The van der Waals surface area contributed by atoms with Crippen LogP contribution in [0.25, 0.3) is 11.1 Å². The molecule has 5 rings (SSSR count). The highest BCUT2D eigenvalue weighted by Gasteiger charge is 2.22. The van der Waals surface area contributed by atoms with E-state index in [9.17, 15) is 14.7 Å². The van der Waals surface area contributed by atoms with Crippen LogP contribution >= 0.6 is 0 Å². The second kappa shape index (κ2) is 13.5. The number of methoxy groups -OCH3 is 1. The van der Waals surface area contributed by atoms with E-state index in [1.807, 2.05) is 48.5 Å². The number of carbonyl (C=O) groups is 2. The van der Waals surface area contributed by atoms with Gasteiger partial charge < -0.3 is 29.6 Å². The molecule has 0 bridgehead atoms. The zero-order valence-electron chi connectivity index (χ0n) is 23.1. The monoisotopic (exact) mass is 565 g/mol. The predicted octanol–water partition coefficient (Wildman–Crippen LogP) is 5.34. The van der Waals surface area contributed by atoms with Crippen molar-refractivity contribution in [3.8, 4) is 11.5 Å². The number of hydrogen-bond donors (Lipinski definition) is 3. The average molecular weight is 566 g/mol. The molecule has 0 radical (unpaired) electrons. The Morgan fingerprint density at radius 2 is 1.62 bits per heavy atom. The van der Waals surface area contributed by atoms with E-state index in [1.165, 1.54) is 7.11 Å². The molecule has 4 aromatic carbocycles. The molecule has 1 atom stereocenters. The van der Waals surface area contributed by atoms with Crippen molar-refractivity contribution < 1.29 is 28.6 Å². The highest BCUT2D eigenvalue weighted by molar-refractivity contribution is 6.14. The number of fused-ring (bicyclic) bond motifs is 1. The Labute approximate surface area is 243 Å². The van der Waals surface area contributed by atoms with Gasteiger partial charge in [0.25, 0.3) is 0 Å².